The molecule has 0 aromatic rings. The van der Waals surface area contributed by atoms with Crippen molar-refractivity contribution in [1.29, 1.82) is 0 Å². The second-order valence-corrected chi connectivity index (χ2v) is 8.96. The third-order valence-corrected chi connectivity index (χ3v) is 6.39. The van der Waals surface area contributed by atoms with Gasteiger partial charge in [0, 0.05) is 6.61 Å². The Labute approximate surface area is 155 Å². The molecule has 2 unspecified atom stereocenters. The Morgan fingerprint density at radius 1 is 1.27 bits per heavy atom. The molecule has 4 saturated carbocycles. The van der Waals surface area contributed by atoms with Crippen LogP contribution in [0.15, 0.2) is 0 Å². The molecule has 26 heavy (non-hydrogen) atoms. The number of hydrogen-bond acceptors (Lipinski definition) is 7. The summed E-state index contributed by atoms with van der Waals surface area (Å²) < 4.78 is 41.9. The summed E-state index contributed by atoms with van der Waals surface area (Å²) in [6.45, 7) is 1.62. The van der Waals surface area contributed by atoms with E-state index in [-0.39, 0.29) is 5.60 Å². The lowest BCUT2D eigenvalue weighted by molar-refractivity contribution is -0.777. The van der Waals surface area contributed by atoms with Crippen molar-refractivity contribution in [3.05, 3.63) is 0 Å². The molecule has 4 fully saturated rings. The maximum absolute atomic E-state index is 13.5. The van der Waals surface area contributed by atoms with Crippen LogP contribution >= 0.6 is 12.0 Å². The number of halogens is 2. The number of hydrogen-bond donors (Lipinski definition) is 0. The Bertz CT molecular complexity index is 503. The summed E-state index contributed by atoms with van der Waals surface area (Å²) in [7, 11) is 0. The molecule has 9 heteroatoms. The van der Waals surface area contributed by atoms with E-state index in [1.54, 1.807) is 0 Å². The van der Waals surface area contributed by atoms with E-state index in [0.717, 1.165) is 32.1 Å². The third-order valence-electron chi connectivity index (χ3n) is 5.90. The number of ether oxygens (including phenoxy) is 2. The fourth-order valence-electron chi connectivity index (χ4n) is 5.41. The first-order valence-electron chi connectivity index (χ1n) is 9.15. The summed E-state index contributed by atoms with van der Waals surface area (Å²) in [6.07, 6.45) is 6.90. The Morgan fingerprint density at radius 2 is 1.96 bits per heavy atom. The van der Waals surface area contributed by atoms with Gasteiger partial charge in [-0.05, 0) is 56.8 Å². The van der Waals surface area contributed by atoms with Gasteiger partial charge in [-0.2, -0.15) is 13.1 Å². The molecule has 4 aliphatic carbocycles. The molecule has 0 N–H and O–H groups in total. The van der Waals surface area contributed by atoms with E-state index in [4.69, 9.17) is 9.47 Å². The Hall–Kier alpha value is -0.480. The van der Waals surface area contributed by atoms with Gasteiger partial charge in [-0.1, -0.05) is 13.3 Å². The van der Waals surface area contributed by atoms with E-state index in [2.05, 4.69) is 16.3 Å². The van der Waals surface area contributed by atoms with E-state index >= 15 is 0 Å². The van der Waals surface area contributed by atoms with E-state index in [9.17, 15) is 18.8 Å². The molecule has 0 heterocycles. The molecule has 4 bridgehead atoms. The highest BCUT2D eigenvalue weighted by Gasteiger charge is 2.62. The average molecular weight is 395 g/mol. The SMILES string of the molecule is CCCCOC12CC3CC(C1)CC(C(=O)OCC(F)(F)SOO[O-])(C3)C2. The van der Waals surface area contributed by atoms with Crippen LogP contribution in [0.25, 0.3) is 0 Å². The molecular weight excluding hydrogens is 370 g/mol. The van der Waals surface area contributed by atoms with Crippen molar-refractivity contribution >= 4 is 18.0 Å². The molecule has 4 aliphatic rings. The van der Waals surface area contributed by atoms with Gasteiger partial charge < -0.3 is 14.7 Å². The zero-order valence-electron chi connectivity index (χ0n) is 14.8. The quantitative estimate of drug-likeness (QED) is 0.185. The summed E-state index contributed by atoms with van der Waals surface area (Å²) >= 11 is -0.459. The molecule has 0 aliphatic heterocycles. The van der Waals surface area contributed by atoms with Crippen molar-refractivity contribution in [2.45, 2.75) is 69.1 Å². The van der Waals surface area contributed by atoms with Crippen LogP contribution in [0.2, 0.25) is 0 Å². The highest BCUT2D eigenvalue weighted by Crippen LogP contribution is 2.63. The van der Waals surface area contributed by atoms with Gasteiger partial charge in [-0.15, -0.1) is 0 Å². The lowest BCUT2D eigenvalue weighted by Crippen LogP contribution is -2.59. The monoisotopic (exact) mass is 395 g/mol. The molecule has 0 amide bonds. The number of carbonyl (C=O) groups excluding carboxylic acids is 1. The van der Waals surface area contributed by atoms with E-state index < -0.39 is 35.3 Å². The number of esters is 1. The van der Waals surface area contributed by atoms with Crippen LogP contribution in [-0.4, -0.2) is 30.0 Å². The van der Waals surface area contributed by atoms with Crippen molar-refractivity contribution in [3.8, 4) is 0 Å². The van der Waals surface area contributed by atoms with Crippen molar-refractivity contribution in [3.63, 3.8) is 0 Å². The summed E-state index contributed by atoms with van der Waals surface area (Å²) in [6, 6.07) is 0. The fourth-order valence-corrected chi connectivity index (χ4v) is 5.64. The molecular formula is C17H25F2O6S-. The first kappa shape index (κ1) is 20.3. The first-order valence-corrected chi connectivity index (χ1v) is 9.89. The van der Waals surface area contributed by atoms with E-state index in [1.165, 1.54) is 0 Å². The zero-order valence-corrected chi connectivity index (χ0v) is 15.7. The number of rotatable bonds is 10. The molecule has 2 atom stereocenters. The Morgan fingerprint density at radius 3 is 2.58 bits per heavy atom. The molecule has 0 radical (unpaired) electrons. The van der Waals surface area contributed by atoms with E-state index in [0.29, 0.717) is 37.7 Å². The standard InChI is InChI=1S/C17H26F2O6S/c1-2-3-4-23-16-8-12-5-13(9-16)7-15(6-12,10-16)14(20)22-11-17(18,19)26-25-24-21/h12-13,21H,2-11H2,1H3/p-1. The normalized spacial score (nSPS) is 35.7. The van der Waals surface area contributed by atoms with Crippen LogP contribution in [0.5, 0.6) is 0 Å². The van der Waals surface area contributed by atoms with Crippen LogP contribution < -0.4 is 5.26 Å². The summed E-state index contributed by atoms with van der Waals surface area (Å²) in [5.74, 6) is 0.188. The zero-order chi connectivity index (χ0) is 18.8. The van der Waals surface area contributed by atoms with Gasteiger partial charge in [0.1, 0.15) is 12.0 Å². The highest BCUT2D eigenvalue weighted by atomic mass is 32.2. The highest BCUT2D eigenvalue weighted by molar-refractivity contribution is 7.95. The summed E-state index contributed by atoms with van der Waals surface area (Å²) in [5, 5.41) is 9.07. The van der Waals surface area contributed by atoms with Crippen molar-refractivity contribution < 1.29 is 37.7 Å². The largest absolute Gasteiger partial charge is 0.691 e. The van der Waals surface area contributed by atoms with Gasteiger partial charge in [0.25, 0.3) is 0 Å². The molecule has 0 spiro atoms. The third kappa shape index (κ3) is 4.32. The minimum Gasteiger partial charge on any atom is -0.691 e. The maximum atomic E-state index is 13.5. The van der Waals surface area contributed by atoms with Crippen LogP contribution in [-0.2, 0) is 23.6 Å². The topological polar surface area (TPSA) is 77.1 Å². The van der Waals surface area contributed by atoms with Gasteiger partial charge >= 0.3 is 11.2 Å². The van der Waals surface area contributed by atoms with Gasteiger partial charge in [0.2, 0.25) is 0 Å². The van der Waals surface area contributed by atoms with Gasteiger partial charge in [-0.3, -0.25) is 9.83 Å². The Balaban J connectivity index is 1.64. The van der Waals surface area contributed by atoms with Crippen LogP contribution in [0.3, 0.4) is 0 Å². The summed E-state index contributed by atoms with van der Waals surface area (Å²) in [4.78, 5) is 12.7. The van der Waals surface area contributed by atoms with E-state index in [1.807, 2.05) is 0 Å². The number of carbonyl (C=O) groups is 1. The second kappa shape index (κ2) is 7.87. The van der Waals surface area contributed by atoms with Crippen molar-refractivity contribution in [2.75, 3.05) is 13.2 Å². The maximum Gasteiger partial charge on any atom is 0.354 e. The van der Waals surface area contributed by atoms with Gasteiger partial charge in [0.15, 0.2) is 6.61 Å². The van der Waals surface area contributed by atoms with Gasteiger partial charge in [0.05, 0.1) is 11.0 Å². The van der Waals surface area contributed by atoms with Crippen LogP contribution in [0, 0.1) is 17.3 Å². The van der Waals surface area contributed by atoms with Crippen molar-refractivity contribution in [1.82, 2.24) is 0 Å². The number of unbranched alkanes of at least 4 members (excludes halogenated alkanes) is 1. The minimum absolute atomic E-state index is 0.310. The molecule has 150 valence electrons. The smallest absolute Gasteiger partial charge is 0.354 e. The average Bonchev–Trinajstić information content (AvgIpc) is 2.57. The summed E-state index contributed by atoms with van der Waals surface area (Å²) in [5.41, 5.74) is -1.04. The molecule has 4 rings (SSSR count). The minimum atomic E-state index is -3.54. The number of alkyl halides is 2. The predicted molar refractivity (Wildman–Crippen MR) is 86.4 cm³/mol. The second-order valence-electron chi connectivity index (χ2n) is 8.06. The molecule has 6 nitrogen and oxygen atoms in total. The fraction of sp³-hybridized carbons (Fsp3) is 0.941. The Kier molecular flexibility index (Phi) is 6.13. The lowest BCUT2D eigenvalue weighted by atomic mass is 9.48. The first-order chi connectivity index (χ1) is 12.3. The predicted octanol–water partition coefficient (Wildman–Crippen LogP) is 3.15. The lowest BCUT2D eigenvalue weighted by Gasteiger charge is -2.60. The molecule has 0 saturated heterocycles. The molecule has 0 aromatic heterocycles. The van der Waals surface area contributed by atoms with Crippen molar-refractivity contribution in [2.24, 2.45) is 17.3 Å². The van der Waals surface area contributed by atoms with Gasteiger partial charge in [-0.25, -0.2) is 0 Å². The van der Waals surface area contributed by atoms with Crippen LogP contribution in [0.4, 0.5) is 8.78 Å². The van der Waals surface area contributed by atoms with Crippen LogP contribution in [0.1, 0.15) is 58.3 Å². The molecule has 0 aromatic carbocycles.